The summed E-state index contributed by atoms with van der Waals surface area (Å²) in [5.41, 5.74) is 6.55. The first-order valence-corrected chi connectivity index (χ1v) is 7.42. The second-order valence-electron chi connectivity index (χ2n) is 5.46. The molecule has 1 N–H and O–H groups in total. The van der Waals surface area contributed by atoms with Crippen LogP contribution in [-0.2, 0) is 18.3 Å². The molecule has 3 aromatic rings. The number of fused-ring (bicyclic) bond motifs is 1. The van der Waals surface area contributed by atoms with Gasteiger partial charge in [0.2, 0.25) is 5.91 Å². The lowest BCUT2D eigenvalue weighted by Crippen LogP contribution is -2.21. The molecule has 1 amide bonds. The molecule has 0 spiro atoms. The summed E-state index contributed by atoms with van der Waals surface area (Å²) in [7, 11) is 1.91. The van der Waals surface area contributed by atoms with Crippen LogP contribution in [-0.4, -0.2) is 21.7 Å². The van der Waals surface area contributed by atoms with Gasteiger partial charge in [-0.15, -0.1) is 0 Å². The SMILES string of the molecule is Cc1cccc(/C=N/NC(=O)Cc2nc3ccccc3n2C)c1. The summed E-state index contributed by atoms with van der Waals surface area (Å²) in [5, 5.41) is 4.00. The highest BCUT2D eigenvalue weighted by Crippen LogP contribution is 2.14. The maximum Gasteiger partial charge on any atom is 0.247 e. The van der Waals surface area contributed by atoms with Gasteiger partial charge in [-0.2, -0.15) is 5.10 Å². The van der Waals surface area contributed by atoms with E-state index in [1.165, 1.54) is 0 Å². The summed E-state index contributed by atoms with van der Waals surface area (Å²) in [5.74, 6) is 0.529. The van der Waals surface area contributed by atoms with Gasteiger partial charge in [0.05, 0.1) is 23.7 Å². The van der Waals surface area contributed by atoms with Gasteiger partial charge in [0.1, 0.15) is 5.82 Å². The molecule has 1 heterocycles. The molecule has 0 aliphatic carbocycles. The molecule has 0 bridgehead atoms. The van der Waals surface area contributed by atoms with Crippen LogP contribution in [0.5, 0.6) is 0 Å². The Balaban J connectivity index is 1.66. The molecule has 0 unspecified atom stereocenters. The van der Waals surface area contributed by atoms with Gasteiger partial charge in [0, 0.05) is 7.05 Å². The lowest BCUT2D eigenvalue weighted by molar-refractivity contribution is -0.120. The zero-order valence-electron chi connectivity index (χ0n) is 13.2. The third kappa shape index (κ3) is 3.45. The van der Waals surface area contributed by atoms with E-state index in [1.807, 2.05) is 67.1 Å². The lowest BCUT2D eigenvalue weighted by Gasteiger charge is -2.01. The number of imidazole rings is 1. The van der Waals surface area contributed by atoms with Gasteiger partial charge in [-0.1, -0.05) is 42.0 Å². The number of nitrogens with zero attached hydrogens (tertiary/aromatic N) is 3. The first-order valence-electron chi connectivity index (χ1n) is 7.42. The molecule has 2 aromatic carbocycles. The van der Waals surface area contributed by atoms with Crippen LogP contribution in [0, 0.1) is 6.92 Å². The van der Waals surface area contributed by atoms with Gasteiger partial charge in [-0.25, -0.2) is 10.4 Å². The van der Waals surface area contributed by atoms with E-state index in [9.17, 15) is 4.79 Å². The van der Waals surface area contributed by atoms with Crippen molar-refractivity contribution in [3.63, 3.8) is 0 Å². The fourth-order valence-electron chi connectivity index (χ4n) is 2.47. The van der Waals surface area contributed by atoms with E-state index in [0.29, 0.717) is 0 Å². The average Bonchev–Trinajstić information content (AvgIpc) is 2.84. The Morgan fingerprint density at radius 2 is 2.09 bits per heavy atom. The van der Waals surface area contributed by atoms with Gasteiger partial charge >= 0.3 is 0 Å². The van der Waals surface area contributed by atoms with Crippen molar-refractivity contribution in [3.8, 4) is 0 Å². The van der Waals surface area contributed by atoms with Gasteiger partial charge in [0.15, 0.2) is 0 Å². The molecule has 0 saturated carbocycles. The van der Waals surface area contributed by atoms with Crippen molar-refractivity contribution in [1.29, 1.82) is 0 Å². The molecular formula is C18H18N4O. The quantitative estimate of drug-likeness (QED) is 0.595. The molecule has 5 heteroatoms. The standard InChI is InChI=1S/C18H18N4O/c1-13-6-5-7-14(10-13)12-19-21-18(23)11-17-20-15-8-3-4-9-16(15)22(17)2/h3-10,12H,11H2,1-2H3,(H,21,23)/b19-12+. The molecule has 0 aliphatic heterocycles. The number of carbonyl (C=O) groups excluding carboxylic acids is 1. The maximum absolute atomic E-state index is 12.0. The predicted molar refractivity (Wildman–Crippen MR) is 91.3 cm³/mol. The van der Waals surface area contributed by atoms with Crippen molar-refractivity contribution in [2.45, 2.75) is 13.3 Å². The lowest BCUT2D eigenvalue weighted by atomic mass is 10.2. The van der Waals surface area contributed by atoms with E-state index in [-0.39, 0.29) is 12.3 Å². The van der Waals surface area contributed by atoms with E-state index in [0.717, 1.165) is 28.0 Å². The first-order chi connectivity index (χ1) is 11.1. The second-order valence-corrected chi connectivity index (χ2v) is 5.46. The van der Waals surface area contributed by atoms with Crippen LogP contribution >= 0.6 is 0 Å². The van der Waals surface area contributed by atoms with Crippen LogP contribution in [0.15, 0.2) is 53.6 Å². The Labute approximate surface area is 134 Å². The number of benzene rings is 2. The monoisotopic (exact) mass is 306 g/mol. The van der Waals surface area contributed by atoms with Crippen LogP contribution in [0.2, 0.25) is 0 Å². The Kier molecular flexibility index (Phi) is 4.19. The normalized spacial score (nSPS) is 11.2. The summed E-state index contributed by atoms with van der Waals surface area (Å²) in [6.07, 6.45) is 1.83. The Hall–Kier alpha value is -2.95. The molecule has 0 saturated heterocycles. The fourth-order valence-corrected chi connectivity index (χ4v) is 2.47. The number of rotatable bonds is 4. The highest BCUT2D eigenvalue weighted by Gasteiger charge is 2.10. The highest BCUT2D eigenvalue weighted by atomic mass is 16.2. The number of para-hydroxylation sites is 2. The fraction of sp³-hybridized carbons (Fsp3) is 0.167. The molecule has 0 radical (unpaired) electrons. The number of carbonyl (C=O) groups is 1. The van der Waals surface area contributed by atoms with Crippen LogP contribution in [0.25, 0.3) is 11.0 Å². The second kappa shape index (κ2) is 6.44. The number of hydrogen-bond acceptors (Lipinski definition) is 3. The summed E-state index contributed by atoms with van der Waals surface area (Å²) in [6.45, 7) is 2.02. The number of aryl methyl sites for hydroxylation is 2. The average molecular weight is 306 g/mol. The van der Waals surface area contributed by atoms with E-state index >= 15 is 0 Å². The van der Waals surface area contributed by atoms with Crippen molar-refractivity contribution in [2.24, 2.45) is 12.1 Å². The van der Waals surface area contributed by atoms with Crippen LogP contribution < -0.4 is 5.43 Å². The zero-order chi connectivity index (χ0) is 16.2. The number of amides is 1. The predicted octanol–water partition coefficient (Wildman–Crippen LogP) is 2.57. The highest BCUT2D eigenvalue weighted by molar-refractivity contribution is 5.84. The van der Waals surface area contributed by atoms with Crippen molar-refractivity contribution in [3.05, 3.63) is 65.5 Å². The molecule has 0 fully saturated rings. The third-order valence-corrected chi connectivity index (χ3v) is 3.64. The minimum atomic E-state index is -0.188. The van der Waals surface area contributed by atoms with Crippen LogP contribution in [0.4, 0.5) is 0 Å². The molecule has 1 aromatic heterocycles. The Morgan fingerprint density at radius 1 is 1.26 bits per heavy atom. The van der Waals surface area contributed by atoms with E-state index in [2.05, 4.69) is 15.5 Å². The minimum Gasteiger partial charge on any atom is -0.331 e. The van der Waals surface area contributed by atoms with E-state index < -0.39 is 0 Å². The minimum absolute atomic E-state index is 0.188. The molecule has 5 nitrogen and oxygen atoms in total. The summed E-state index contributed by atoms with van der Waals surface area (Å²) < 4.78 is 1.93. The summed E-state index contributed by atoms with van der Waals surface area (Å²) in [6, 6.07) is 15.7. The Bertz CT molecular complexity index is 880. The maximum atomic E-state index is 12.0. The van der Waals surface area contributed by atoms with Crippen molar-refractivity contribution in [2.75, 3.05) is 0 Å². The van der Waals surface area contributed by atoms with E-state index in [4.69, 9.17) is 0 Å². The first kappa shape index (κ1) is 15.0. The number of nitrogens with one attached hydrogen (secondary N) is 1. The van der Waals surface area contributed by atoms with Crippen LogP contribution in [0.3, 0.4) is 0 Å². The van der Waals surface area contributed by atoms with Gasteiger partial charge in [0.25, 0.3) is 0 Å². The molecule has 0 aliphatic rings. The molecule has 116 valence electrons. The Morgan fingerprint density at radius 3 is 2.87 bits per heavy atom. The number of aromatic nitrogens is 2. The number of hydrazone groups is 1. The van der Waals surface area contributed by atoms with Crippen molar-refractivity contribution >= 4 is 23.2 Å². The van der Waals surface area contributed by atoms with E-state index in [1.54, 1.807) is 6.21 Å². The molecular weight excluding hydrogens is 288 g/mol. The van der Waals surface area contributed by atoms with Crippen molar-refractivity contribution in [1.82, 2.24) is 15.0 Å². The third-order valence-electron chi connectivity index (χ3n) is 3.64. The largest absolute Gasteiger partial charge is 0.331 e. The van der Waals surface area contributed by atoms with Crippen LogP contribution in [0.1, 0.15) is 17.0 Å². The topological polar surface area (TPSA) is 59.3 Å². The van der Waals surface area contributed by atoms with Crippen molar-refractivity contribution < 1.29 is 4.79 Å². The zero-order valence-corrected chi connectivity index (χ0v) is 13.2. The molecule has 0 atom stereocenters. The summed E-state index contributed by atoms with van der Waals surface area (Å²) in [4.78, 5) is 16.5. The smallest absolute Gasteiger partial charge is 0.247 e. The van der Waals surface area contributed by atoms with Gasteiger partial charge < -0.3 is 4.57 Å². The molecule has 3 rings (SSSR count). The molecule has 23 heavy (non-hydrogen) atoms. The number of hydrogen-bond donors (Lipinski definition) is 1. The van der Waals surface area contributed by atoms with Gasteiger partial charge in [-0.3, -0.25) is 4.79 Å². The van der Waals surface area contributed by atoms with Gasteiger partial charge in [-0.05, 0) is 24.6 Å². The summed E-state index contributed by atoms with van der Waals surface area (Å²) >= 11 is 0.